The van der Waals surface area contributed by atoms with Crippen LogP contribution in [0.15, 0.2) is 24.3 Å². The van der Waals surface area contributed by atoms with Gasteiger partial charge in [0.1, 0.15) is 12.3 Å². The van der Waals surface area contributed by atoms with Crippen molar-refractivity contribution in [2.45, 2.75) is 25.8 Å². The lowest BCUT2D eigenvalue weighted by Crippen LogP contribution is -2.55. The van der Waals surface area contributed by atoms with E-state index < -0.39 is 0 Å². The number of methoxy groups -OCH3 is 1. The molecule has 1 unspecified atom stereocenters. The van der Waals surface area contributed by atoms with Crippen LogP contribution in [-0.4, -0.2) is 79.6 Å². The maximum atomic E-state index is 12.6. The quantitative estimate of drug-likeness (QED) is 0.823. The fourth-order valence-corrected chi connectivity index (χ4v) is 3.85. The van der Waals surface area contributed by atoms with Crippen LogP contribution in [0, 0.1) is 0 Å². The predicted molar refractivity (Wildman–Crippen MR) is 104 cm³/mol. The predicted octanol–water partition coefficient (Wildman–Crippen LogP) is 1.71. The van der Waals surface area contributed by atoms with Crippen LogP contribution >= 0.6 is 0 Å². The van der Waals surface area contributed by atoms with Gasteiger partial charge in [-0.2, -0.15) is 0 Å². The molecule has 27 heavy (non-hydrogen) atoms. The van der Waals surface area contributed by atoms with Gasteiger partial charge in [0.25, 0.3) is 0 Å². The zero-order chi connectivity index (χ0) is 19.2. The van der Waals surface area contributed by atoms with Crippen LogP contribution in [0.3, 0.4) is 0 Å². The number of amides is 3. The van der Waals surface area contributed by atoms with Crippen molar-refractivity contribution in [1.82, 2.24) is 20.0 Å². The molecule has 2 saturated heterocycles. The number of benzene rings is 1. The molecule has 0 radical (unpaired) electrons. The fourth-order valence-electron chi connectivity index (χ4n) is 3.85. The third kappa shape index (κ3) is 4.71. The molecule has 0 bridgehead atoms. The zero-order valence-electron chi connectivity index (χ0n) is 16.3. The smallest absolute Gasteiger partial charge is 0.317 e. The standard InChI is InChI=1S/C20H30N4O3/c1-3-22-12-13-24(15-19(22)25)20(26)21-14-18(23-10-4-5-11-23)16-6-8-17(27-2)9-7-16/h6-9,18H,3-5,10-15H2,1-2H3,(H,21,26). The van der Waals surface area contributed by atoms with Gasteiger partial charge < -0.3 is 19.9 Å². The Morgan fingerprint density at radius 1 is 1.15 bits per heavy atom. The van der Waals surface area contributed by atoms with E-state index in [0.717, 1.165) is 18.8 Å². The molecule has 1 aromatic rings. The van der Waals surface area contributed by atoms with Crippen LogP contribution in [0.5, 0.6) is 5.75 Å². The molecule has 2 aliphatic heterocycles. The van der Waals surface area contributed by atoms with Crippen LogP contribution in [0.25, 0.3) is 0 Å². The second-order valence-electron chi connectivity index (χ2n) is 7.11. The Bertz CT molecular complexity index is 643. The van der Waals surface area contributed by atoms with Gasteiger partial charge in [-0.15, -0.1) is 0 Å². The van der Waals surface area contributed by atoms with Crippen molar-refractivity contribution in [3.8, 4) is 5.75 Å². The van der Waals surface area contributed by atoms with E-state index in [2.05, 4.69) is 22.3 Å². The van der Waals surface area contributed by atoms with Gasteiger partial charge >= 0.3 is 6.03 Å². The summed E-state index contributed by atoms with van der Waals surface area (Å²) in [5.74, 6) is 0.848. The number of nitrogens with one attached hydrogen (secondary N) is 1. The molecule has 0 aliphatic carbocycles. The Morgan fingerprint density at radius 2 is 1.85 bits per heavy atom. The molecule has 3 rings (SSSR count). The number of urea groups is 1. The molecule has 2 fully saturated rings. The Kier molecular flexibility index (Phi) is 6.55. The highest BCUT2D eigenvalue weighted by Crippen LogP contribution is 2.26. The number of carbonyl (C=O) groups is 2. The molecule has 7 nitrogen and oxygen atoms in total. The number of hydrogen-bond acceptors (Lipinski definition) is 4. The van der Waals surface area contributed by atoms with Gasteiger partial charge in [0.2, 0.25) is 5.91 Å². The first-order valence-corrected chi connectivity index (χ1v) is 9.81. The zero-order valence-corrected chi connectivity index (χ0v) is 16.3. The molecule has 0 spiro atoms. The third-order valence-electron chi connectivity index (χ3n) is 5.52. The highest BCUT2D eigenvalue weighted by atomic mass is 16.5. The van der Waals surface area contributed by atoms with Gasteiger partial charge in [0, 0.05) is 26.2 Å². The number of nitrogens with zero attached hydrogens (tertiary/aromatic N) is 3. The van der Waals surface area contributed by atoms with Crippen molar-refractivity contribution in [2.75, 3.05) is 52.9 Å². The molecule has 3 amide bonds. The number of carbonyl (C=O) groups excluding carboxylic acids is 2. The summed E-state index contributed by atoms with van der Waals surface area (Å²) in [6.45, 7) is 6.63. The Hall–Kier alpha value is -2.28. The van der Waals surface area contributed by atoms with Crippen LogP contribution in [-0.2, 0) is 4.79 Å². The normalized spacial score (nSPS) is 19.3. The van der Waals surface area contributed by atoms with Crippen molar-refractivity contribution >= 4 is 11.9 Å². The van der Waals surface area contributed by atoms with Gasteiger partial charge in [-0.25, -0.2) is 4.79 Å². The van der Waals surface area contributed by atoms with Crippen LogP contribution in [0.1, 0.15) is 31.4 Å². The van der Waals surface area contributed by atoms with Crippen LogP contribution in [0.4, 0.5) is 4.79 Å². The minimum Gasteiger partial charge on any atom is -0.497 e. The minimum atomic E-state index is -0.156. The summed E-state index contributed by atoms with van der Waals surface area (Å²) >= 11 is 0. The number of ether oxygens (including phenoxy) is 1. The lowest BCUT2D eigenvalue weighted by Gasteiger charge is -2.34. The Balaban J connectivity index is 1.62. The SMILES string of the molecule is CCN1CCN(C(=O)NCC(c2ccc(OC)cc2)N2CCCC2)CC1=O. The molecule has 1 atom stereocenters. The van der Waals surface area contributed by atoms with Gasteiger partial charge in [-0.1, -0.05) is 12.1 Å². The molecule has 2 aliphatic rings. The highest BCUT2D eigenvalue weighted by Gasteiger charge is 2.28. The summed E-state index contributed by atoms with van der Waals surface area (Å²) in [4.78, 5) is 30.5. The first kappa shape index (κ1) is 19.5. The molecular formula is C20H30N4O3. The lowest BCUT2D eigenvalue weighted by molar-refractivity contribution is -0.134. The molecule has 2 heterocycles. The Labute approximate surface area is 161 Å². The van der Waals surface area contributed by atoms with E-state index in [4.69, 9.17) is 4.74 Å². The monoisotopic (exact) mass is 374 g/mol. The van der Waals surface area contributed by atoms with Crippen molar-refractivity contribution in [3.05, 3.63) is 29.8 Å². The van der Waals surface area contributed by atoms with E-state index in [1.54, 1.807) is 16.9 Å². The van der Waals surface area contributed by atoms with E-state index in [0.29, 0.717) is 26.2 Å². The first-order valence-electron chi connectivity index (χ1n) is 9.81. The van der Waals surface area contributed by atoms with Crippen molar-refractivity contribution in [2.24, 2.45) is 0 Å². The molecule has 148 valence electrons. The van der Waals surface area contributed by atoms with Crippen molar-refractivity contribution < 1.29 is 14.3 Å². The number of hydrogen-bond donors (Lipinski definition) is 1. The molecule has 7 heteroatoms. The molecular weight excluding hydrogens is 344 g/mol. The number of likely N-dealkylation sites (N-methyl/N-ethyl adjacent to an activating group) is 1. The van der Waals surface area contributed by atoms with Crippen molar-refractivity contribution in [3.63, 3.8) is 0 Å². The minimum absolute atomic E-state index is 0.0187. The average Bonchev–Trinajstić information content (AvgIpc) is 3.23. The second-order valence-corrected chi connectivity index (χ2v) is 7.11. The third-order valence-corrected chi connectivity index (χ3v) is 5.52. The molecule has 0 saturated carbocycles. The second kappa shape index (κ2) is 9.08. The number of likely N-dealkylation sites (tertiary alicyclic amines) is 1. The summed E-state index contributed by atoms with van der Waals surface area (Å²) in [5.41, 5.74) is 1.17. The summed E-state index contributed by atoms with van der Waals surface area (Å²) < 4.78 is 5.25. The maximum Gasteiger partial charge on any atom is 0.317 e. The number of piperazine rings is 1. The Morgan fingerprint density at radius 3 is 2.44 bits per heavy atom. The molecule has 0 aromatic heterocycles. The summed E-state index contributed by atoms with van der Waals surface area (Å²) in [6.07, 6.45) is 2.38. The van der Waals surface area contributed by atoms with Gasteiger partial charge in [0.05, 0.1) is 13.2 Å². The van der Waals surface area contributed by atoms with E-state index in [9.17, 15) is 9.59 Å². The topological polar surface area (TPSA) is 65.1 Å². The van der Waals surface area contributed by atoms with Gasteiger partial charge in [0.15, 0.2) is 0 Å². The van der Waals surface area contributed by atoms with E-state index in [1.807, 2.05) is 19.1 Å². The van der Waals surface area contributed by atoms with E-state index in [1.165, 1.54) is 18.4 Å². The number of rotatable bonds is 6. The largest absolute Gasteiger partial charge is 0.497 e. The lowest BCUT2D eigenvalue weighted by atomic mass is 10.1. The van der Waals surface area contributed by atoms with E-state index >= 15 is 0 Å². The molecule has 1 N–H and O–H groups in total. The van der Waals surface area contributed by atoms with E-state index in [-0.39, 0.29) is 24.5 Å². The van der Waals surface area contributed by atoms with Gasteiger partial charge in [-0.05, 0) is 50.6 Å². The summed E-state index contributed by atoms with van der Waals surface area (Å²) in [5, 5.41) is 3.05. The van der Waals surface area contributed by atoms with Crippen LogP contribution < -0.4 is 10.1 Å². The average molecular weight is 374 g/mol. The fraction of sp³-hybridized carbons (Fsp3) is 0.600. The summed E-state index contributed by atoms with van der Waals surface area (Å²) in [6, 6.07) is 8.03. The van der Waals surface area contributed by atoms with Gasteiger partial charge in [-0.3, -0.25) is 9.69 Å². The van der Waals surface area contributed by atoms with Crippen LogP contribution in [0.2, 0.25) is 0 Å². The van der Waals surface area contributed by atoms with Crippen molar-refractivity contribution in [1.29, 1.82) is 0 Å². The summed E-state index contributed by atoms with van der Waals surface area (Å²) in [7, 11) is 1.66. The maximum absolute atomic E-state index is 12.6. The molecule has 1 aromatic carbocycles. The first-order chi connectivity index (χ1) is 13.1. The highest BCUT2D eigenvalue weighted by molar-refractivity contribution is 5.85.